The number of aromatic nitrogens is 1. The van der Waals surface area contributed by atoms with Crippen LogP contribution in [-0.4, -0.2) is 46.6 Å². The van der Waals surface area contributed by atoms with E-state index < -0.39 is 0 Å². The van der Waals surface area contributed by atoms with Crippen LogP contribution in [0.15, 0.2) is 30.6 Å². The van der Waals surface area contributed by atoms with Gasteiger partial charge in [0.1, 0.15) is 0 Å². The lowest BCUT2D eigenvalue weighted by Gasteiger charge is -2.39. The van der Waals surface area contributed by atoms with E-state index in [1.165, 1.54) is 16.7 Å². The minimum atomic E-state index is -0.288. The maximum absolute atomic E-state index is 12.7. The van der Waals surface area contributed by atoms with Crippen LogP contribution in [0.3, 0.4) is 0 Å². The molecule has 0 radical (unpaired) electrons. The summed E-state index contributed by atoms with van der Waals surface area (Å²) in [5.41, 5.74) is 6.02. The number of ether oxygens (including phenoxy) is 1. The van der Waals surface area contributed by atoms with Gasteiger partial charge in [-0.25, -0.2) is 4.79 Å². The number of pyridine rings is 1. The van der Waals surface area contributed by atoms with E-state index >= 15 is 0 Å². The first-order chi connectivity index (χ1) is 12.9. The first-order valence-electron chi connectivity index (χ1n) is 9.54. The molecule has 1 aromatic heterocycles. The van der Waals surface area contributed by atoms with Gasteiger partial charge in [0.25, 0.3) is 0 Å². The second-order valence-electron chi connectivity index (χ2n) is 7.58. The van der Waals surface area contributed by atoms with Gasteiger partial charge in [-0.2, -0.15) is 0 Å². The molecular weight excluding hydrogens is 338 g/mol. The van der Waals surface area contributed by atoms with E-state index in [-0.39, 0.29) is 12.1 Å². The van der Waals surface area contributed by atoms with Crippen LogP contribution in [0.2, 0.25) is 0 Å². The molecule has 0 aliphatic carbocycles. The lowest BCUT2D eigenvalue weighted by atomic mass is 10.0. The number of amides is 1. The van der Waals surface area contributed by atoms with Gasteiger partial charge in [0.2, 0.25) is 0 Å². The average molecular weight is 367 g/mol. The average Bonchev–Trinajstić information content (AvgIpc) is 2.63. The highest BCUT2D eigenvalue weighted by Gasteiger charge is 2.29. The van der Waals surface area contributed by atoms with Gasteiger partial charge in [0.05, 0.1) is 6.20 Å². The molecule has 0 saturated carbocycles. The molecule has 27 heavy (non-hydrogen) atoms. The molecular formula is C22H29N3O2. The summed E-state index contributed by atoms with van der Waals surface area (Å²) in [6.07, 6.45) is 3.10. The summed E-state index contributed by atoms with van der Waals surface area (Å²) in [5.74, 6) is 0.546. The molecule has 2 aromatic rings. The van der Waals surface area contributed by atoms with Gasteiger partial charge in [-0.15, -0.1) is 0 Å². The van der Waals surface area contributed by atoms with Crippen LogP contribution >= 0.6 is 0 Å². The van der Waals surface area contributed by atoms with Crippen molar-refractivity contribution in [1.29, 1.82) is 0 Å². The highest BCUT2D eigenvalue weighted by atomic mass is 16.6. The van der Waals surface area contributed by atoms with Crippen molar-refractivity contribution >= 4 is 6.09 Å². The molecule has 1 saturated heterocycles. The zero-order valence-corrected chi connectivity index (χ0v) is 17.0. The lowest BCUT2D eigenvalue weighted by molar-refractivity contribution is 0.0750. The van der Waals surface area contributed by atoms with Crippen molar-refractivity contribution in [3.8, 4) is 5.75 Å². The smallest absolute Gasteiger partial charge is 0.408 e. The summed E-state index contributed by atoms with van der Waals surface area (Å²) in [6.45, 7) is 13.6. The summed E-state index contributed by atoms with van der Waals surface area (Å²) in [5, 5.41) is 0. The SMILES string of the molecule is Cc1cccc(CN2CCN(C(=O)Oc3cncc(C)c3C)[C@H](C)C2)c1C. The fourth-order valence-electron chi connectivity index (χ4n) is 3.53. The number of benzene rings is 1. The Balaban J connectivity index is 1.62. The number of hydrogen-bond acceptors (Lipinski definition) is 4. The molecule has 5 nitrogen and oxygen atoms in total. The van der Waals surface area contributed by atoms with E-state index in [1.54, 1.807) is 12.4 Å². The molecule has 5 heteroatoms. The third-order valence-corrected chi connectivity index (χ3v) is 5.68. The second kappa shape index (κ2) is 8.09. The molecule has 1 aliphatic heterocycles. The van der Waals surface area contributed by atoms with E-state index in [0.29, 0.717) is 12.3 Å². The summed E-state index contributed by atoms with van der Waals surface area (Å²) >= 11 is 0. The Morgan fingerprint density at radius 2 is 1.89 bits per heavy atom. The van der Waals surface area contributed by atoms with Crippen LogP contribution in [0, 0.1) is 27.7 Å². The van der Waals surface area contributed by atoms with E-state index in [0.717, 1.165) is 30.8 Å². The molecule has 0 bridgehead atoms. The molecule has 0 N–H and O–H groups in total. The number of carbonyl (C=O) groups is 1. The van der Waals surface area contributed by atoms with Crippen molar-refractivity contribution in [3.05, 3.63) is 58.4 Å². The van der Waals surface area contributed by atoms with Crippen LogP contribution in [0.25, 0.3) is 0 Å². The van der Waals surface area contributed by atoms with Gasteiger partial charge in [0.15, 0.2) is 5.75 Å². The van der Waals surface area contributed by atoms with Gasteiger partial charge >= 0.3 is 6.09 Å². The molecule has 1 aliphatic rings. The predicted octanol–water partition coefficient (Wildman–Crippen LogP) is 4.02. The fourth-order valence-corrected chi connectivity index (χ4v) is 3.53. The van der Waals surface area contributed by atoms with Crippen molar-refractivity contribution in [1.82, 2.24) is 14.8 Å². The Bertz CT molecular complexity index is 834. The minimum Gasteiger partial charge on any atom is -0.408 e. The molecule has 1 amide bonds. The molecule has 1 fully saturated rings. The Hall–Kier alpha value is -2.40. The number of carbonyl (C=O) groups excluding carboxylic acids is 1. The third-order valence-electron chi connectivity index (χ3n) is 5.68. The van der Waals surface area contributed by atoms with Crippen molar-refractivity contribution in [3.63, 3.8) is 0 Å². The first-order valence-corrected chi connectivity index (χ1v) is 9.54. The number of rotatable bonds is 3. The summed E-state index contributed by atoms with van der Waals surface area (Å²) in [6, 6.07) is 6.57. The van der Waals surface area contributed by atoms with Crippen LogP contribution in [0.4, 0.5) is 4.79 Å². The molecule has 3 rings (SSSR count). The Labute approximate surface area is 162 Å². The van der Waals surface area contributed by atoms with E-state index in [1.807, 2.05) is 18.7 Å². The van der Waals surface area contributed by atoms with Crippen molar-refractivity contribution in [2.75, 3.05) is 19.6 Å². The van der Waals surface area contributed by atoms with E-state index in [4.69, 9.17) is 4.74 Å². The summed E-state index contributed by atoms with van der Waals surface area (Å²) in [4.78, 5) is 21.0. The standard InChI is InChI=1S/C22H29N3O2/c1-15-7-6-8-20(18(15)4)14-24-9-10-25(17(3)13-24)22(26)27-21-12-23-11-16(2)19(21)5/h6-8,11-12,17H,9-10,13-14H2,1-5H3/t17-/m1/s1. The number of aryl methyl sites for hydroxylation is 2. The number of nitrogens with zero attached hydrogens (tertiary/aromatic N) is 3. The number of hydrogen-bond donors (Lipinski definition) is 0. The maximum Gasteiger partial charge on any atom is 0.415 e. The molecule has 144 valence electrons. The topological polar surface area (TPSA) is 45.7 Å². The Kier molecular flexibility index (Phi) is 5.80. The van der Waals surface area contributed by atoms with Gasteiger partial charge in [-0.05, 0) is 62.4 Å². The molecule has 1 atom stereocenters. The van der Waals surface area contributed by atoms with Crippen LogP contribution in [-0.2, 0) is 6.54 Å². The van der Waals surface area contributed by atoms with Gasteiger partial charge in [-0.1, -0.05) is 18.2 Å². The van der Waals surface area contributed by atoms with Crippen molar-refractivity contribution < 1.29 is 9.53 Å². The normalized spacial score (nSPS) is 17.8. The van der Waals surface area contributed by atoms with Gasteiger partial charge in [0, 0.05) is 38.4 Å². The number of piperazine rings is 1. The van der Waals surface area contributed by atoms with Crippen LogP contribution in [0.5, 0.6) is 5.75 Å². The van der Waals surface area contributed by atoms with Crippen LogP contribution in [0.1, 0.15) is 34.7 Å². The first kappa shape index (κ1) is 19.4. The van der Waals surface area contributed by atoms with Gasteiger partial charge < -0.3 is 9.64 Å². The van der Waals surface area contributed by atoms with E-state index in [2.05, 4.69) is 48.9 Å². The highest BCUT2D eigenvalue weighted by Crippen LogP contribution is 2.22. The zero-order chi connectivity index (χ0) is 19.6. The minimum absolute atomic E-state index is 0.106. The zero-order valence-electron chi connectivity index (χ0n) is 17.0. The molecule has 1 aromatic carbocycles. The molecule has 0 spiro atoms. The lowest BCUT2D eigenvalue weighted by Crippen LogP contribution is -2.54. The molecule has 2 heterocycles. The van der Waals surface area contributed by atoms with Gasteiger partial charge in [-0.3, -0.25) is 9.88 Å². The Morgan fingerprint density at radius 1 is 1.11 bits per heavy atom. The largest absolute Gasteiger partial charge is 0.415 e. The monoisotopic (exact) mass is 367 g/mol. The quantitative estimate of drug-likeness (QED) is 0.822. The van der Waals surface area contributed by atoms with Crippen LogP contribution < -0.4 is 4.74 Å². The van der Waals surface area contributed by atoms with Crippen molar-refractivity contribution in [2.24, 2.45) is 0 Å². The predicted molar refractivity (Wildman–Crippen MR) is 107 cm³/mol. The Morgan fingerprint density at radius 3 is 2.63 bits per heavy atom. The maximum atomic E-state index is 12.7. The molecule has 0 unspecified atom stereocenters. The second-order valence-corrected chi connectivity index (χ2v) is 7.58. The highest BCUT2D eigenvalue weighted by molar-refractivity contribution is 5.71. The summed E-state index contributed by atoms with van der Waals surface area (Å²) < 4.78 is 5.63. The third kappa shape index (κ3) is 4.30. The summed E-state index contributed by atoms with van der Waals surface area (Å²) in [7, 11) is 0. The van der Waals surface area contributed by atoms with E-state index in [9.17, 15) is 4.79 Å². The van der Waals surface area contributed by atoms with Crippen molar-refractivity contribution in [2.45, 2.75) is 47.2 Å². The fraction of sp³-hybridized carbons (Fsp3) is 0.455.